The van der Waals surface area contributed by atoms with E-state index >= 15 is 0 Å². The number of nitrogens with one attached hydrogen (secondary N) is 2. The van der Waals surface area contributed by atoms with Crippen molar-refractivity contribution in [1.82, 2.24) is 20.2 Å². The maximum Gasteiger partial charge on any atom is 0.194 e. The molecule has 0 fully saturated rings. The monoisotopic (exact) mass is 339 g/mol. The normalized spacial score (nSPS) is 11.5. The third-order valence-electron chi connectivity index (χ3n) is 3.70. The van der Waals surface area contributed by atoms with Gasteiger partial charge in [0.2, 0.25) is 0 Å². The Balaban J connectivity index is 1.61. The van der Waals surface area contributed by atoms with E-state index in [0.29, 0.717) is 6.54 Å². The van der Waals surface area contributed by atoms with Gasteiger partial charge >= 0.3 is 0 Å². The fourth-order valence-electron chi connectivity index (χ4n) is 2.47. The maximum atomic E-state index is 4.48. The lowest BCUT2D eigenvalue weighted by atomic mass is 10.2. The second-order valence-electron chi connectivity index (χ2n) is 5.50. The van der Waals surface area contributed by atoms with Gasteiger partial charge in [0.05, 0.1) is 18.4 Å². The molecule has 0 amide bonds. The van der Waals surface area contributed by atoms with E-state index in [4.69, 9.17) is 0 Å². The van der Waals surface area contributed by atoms with E-state index in [0.717, 1.165) is 29.6 Å². The molecule has 5 nitrogen and oxygen atoms in total. The summed E-state index contributed by atoms with van der Waals surface area (Å²) >= 11 is 1.70. The SMILES string of the molecule is CN=C(NCc1ccsc1)N(C)Cc1ncc(-c2ccccc2)[nH]1. The number of aromatic amines is 1. The first-order chi connectivity index (χ1) is 11.8. The zero-order valence-corrected chi connectivity index (χ0v) is 14.7. The molecule has 6 heteroatoms. The molecule has 24 heavy (non-hydrogen) atoms. The van der Waals surface area contributed by atoms with Crippen molar-refractivity contribution in [3.63, 3.8) is 0 Å². The molecule has 3 rings (SSSR count). The number of hydrogen-bond acceptors (Lipinski definition) is 3. The summed E-state index contributed by atoms with van der Waals surface area (Å²) in [6.45, 7) is 1.43. The molecule has 0 aliphatic carbocycles. The minimum absolute atomic E-state index is 0.663. The minimum Gasteiger partial charge on any atom is -0.352 e. The van der Waals surface area contributed by atoms with Crippen molar-refractivity contribution in [3.8, 4) is 11.3 Å². The van der Waals surface area contributed by atoms with E-state index in [1.54, 1.807) is 18.4 Å². The number of guanidine groups is 1. The molecular weight excluding hydrogens is 318 g/mol. The van der Waals surface area contributed by atoms with Crippen molar-refractivity contribution in [3.05, 3.63) is 64.7 Å². The number of aromatic nitrogens is 2. The van der Waals surface area contributed by atoms with Gasteiger partial charge in [0, 0.05) is 20.6 Å². The predicted octanol–water partition coefficient (Wildman–Crippen LogP) is 3.35. The Labute approximate surface area is 146 Å². The average Bonchev–Trinajstić information content (AvgIpc) is 3.28. The van der Waals surface area contributed by atoms with E-state index in [1.165, 1.54) is 5.56 Å². The molecule has 1 aromatic carbocycles. The summed E-state index contributed by atoms with van der Waals surface area (Å²) < 4.78 is 0. The maximum absolute atomic E-state index is 4.48. The summed E-state index contributed by atoms with van der Waals surface area (Å²) in [7, 11) is 3.80. The van der Waals surface area contributed by atoms with E-state index in [2.05, 4.69) is 54.1 Å². The van der Waals surface area contributed by atoms with Gasteiger partial charge in [0.25, 0.3) is 0 Å². The molecule has 0 radical (unpaired) electrons. The van der Waals surface area contributed by atoms with Crippen molar-refractivity contribution in [1.29, 1.82) is 0 Å². The molecule has 2 heterocycles. The zero-order chi connectivity index (χ0) is 16.8. The fourth-order valence-corrected chi connectivity index (χ4v) is 3.13. The van der Waals surface area contributed by atoms with Crippen LogP contribution in [0.1, 0.15) is 11.4 Å². The van der Waals surface area contributed by atoms with Crippen molar-refractivity contribution < 1.29 is 0 Å². The van der Waals surface area contributed by atoms with Crippen LogP contribution in [0.25, 0.3) is 11.3 Å². The minimum atomic E-state index is 0.663. The lowest BCUT2D eigenvalue weighted by molar-refractivity contribution is 0.464. The van der Waals surface area contributed by atoms with Crippen LogP contribution in [0, 0.1) is 0 Å². The van der Waals surface area contributed by atoms with Crippen molar-refractivity contribution >= 4 is 17.3 Å². The summed E-state index contributed by atoms with van der Waals surface area (Å²) in [6, 6.07) is 12.3. The molecule has 0 saturated heterocycles. The zero-order valence-electron chi connectivity index (χ0n) is 13.9. The average molecular weight is 339 g/mol. The molecule has 0 bridgehead atoms. The number of thiophene rings is 1. The first kappa shape index (κ1) is 16.3. The molecule has 2 aromatic heterocycles. The predicted molar refractivity (Wildman–Crippen MR) is 100 cm³/mol. The van der Waals surface area contributed by atoms with E-state index < -0.39 is 0 Å². The first-order valence-electron chi connectivity index (χ1n) is 7.78. The summed E-state index contributed by atoms with van der Waals surface area (Å²) in [6.07, 6.45) is 1.88. The molecule has 2 N–H and O–H groups in total. The van der Waals surface area contributed by atoms with Crippen molar-refractivity contribution in [2.75, 3.05) is 14.1 Å². The highest BCUT2D eigenvalue weighted by Gasteiger charge is 2.10. The molecule has 0 saturated carbocycles. The Morgan fingerprint density at radius 1 is 1.29 bits per heavy atom. The van der Waals surface area contributed by atoms with Crippen LogP contribution in [0.15, 0.2) is 58.3 Å². The van der Waals surface area contributed by atoms with Crippen LogP contribution in [0.4, 0.5) is 0 Å². The lowest BCUT2D eigenvalue weighted by Gasteiger charge is -2.20. The number of aliphatic imine (C=N–C) groups is 1. The summed E-state index contributed by atoms with van der Waals surface area (Å²) in [5.74, 6) is 1.76. The fraction of sp³-hybridized carbons (Fsp3) is 0.222. The van der Waals surface area contributed by atoms with E-state index in [9.17, 15) is 0 Å². The van der Waals surface area contributed by atoms with Gasteiger partial charge in [0.1, 0.15) is 5.82 Å². The molecule has 0 aliphatic rings. The molecular formula is C18H21N5S. The van der Waals surface area contributed by atoms with Crippen LogP contribution in [-0.4, -0.2) is 34.9 Å². The Hall–Kier alpha value is -2.60. The Morgan fingerprint density at radius 3 is 2.83 bits per heavy atom. The lowest BCUT2D eigenvalue weighted by Crippen LogP contribution is -2.38. The summed E-state index contributed by atoms with van der Waals surface area (Å²) in [5.41, 5.74) is 3.43. The highest BCUT2D eigenvalue weighted by Crippen LogP contribution is 2.16. The van der Waals surface area contributed by atoms with Crippen LogP contribution in [0.5, 0.6) is 0 Å². The van der Waals surface area contributed by atoms with Gasteiger partial charge in [-0.25, -0.2) is 4.98 Å². The van der Waals surface area contributed by atoms with Gasteiger partial charge in [-0.3, -0.25) is 4.99 Å². The topological polar surface area (TPSA) is 56.3 Å². The standard InChI is InChI=1S/C18H21N5S/c1-19-18(21-10-14-8-9-24-13-14)23(2)12-17-20-11-16(22-17)15-6-4-3-5-7-15/h3-9,11,13H,10,12H2,1-2H3,(H,19,21)(H,20,22). The third-order valence-corrected chi connectivity index (χ3v) is 4.44. The van der Waals surface area contributed by atoms with Crippen LogP contribution in [0.2, 0.25) is 0 Å². The number of H-pyrrole nitrogens is 1. The number of nitrogens with zero attached hydrogens (tertiary/aromatic N) is 3. The van der Waals surface area contributed by atoms with E-state index in [-0.39, 0.29) is 0 Å². The number of imidazole rings is 1. The molecule has 0 aliphatic heterocycles. The first-order valence-corrected chi connectivity index (χ1v) is 8.72. The van der Waals surface area contributed by atoms with Gasteiger partial charge in [-0.05, 0) is 28.0 Å². The Morgan fingerprint density at radius 2 is 2.12 bits per heavy atom. The van der Waals surface area contributed by atoms with Gasteiger partial charge in [-0.2, -0.15) is 11.3 Å². The summed E-state index contributed by atoms with van der Waals surface area (Å²) in [5, 5.41) is 7.59. The number of hydrogen-bond donors (Lipinski definition) is 2. The number of benzene rings is 1. The van der Waals surface area contributed by atoms with Gasteiger partial charge in [-0.15, -0.1) is 0 Å². The van der Waals surface area contributed by atoms with Gasteiger partial charge in [-0.1, -0.05) is 30.3 Å². The van der Waals surface area contributed by atoms with Crippen LogP contribution in [-0.2, 0) is 13.1 Å². The van der Waals surface area contributed by atoms with Crippen LogP contribution < -0.4 is 5.32 Å². The molecule has 124 valence electrons. The second kappa shape index (κ2) is 7.79. The summed E-state index contributed by atoms with van der Waals surface area (Å²) in [4.78, 5) is 14.3. The third kappa shape index (κ3) is 4.02. The van der Waals surface area contributed by atoms with E-state index in [1.807, 2.05) is 31.4 Å². The quantitative estimate of drug-likeness (QED) is 0.554. The van der Waals surface area contributed by atoms with Crippen molar-refractivity contribution in [2.24, 2.45) is 4.99 Å². The second-order valence-corrected chi connectivity index (χ2v) is 6.28. The van der Waals surface area contributed by atoms with Crippen molar-refractivity contribution in [2.45, 2.75) is 13.1 Å². The Bertz CT molecular complexity index is 777. The van der Waals surface area contributed by atoms with Crippen LogP contribution >= 0.6 is 11.3 Å². The number of rotatable bonds is 5. The Kier molecular flexibility index (Phi) is 5.28. The van der Waals surface area contributed by atoms with Gasteiger partial charge in [0.15, 0.2) is 5.96 Å². The molecule has 0 atom stereocenters. The highest BCUT2D eigenvalue weighted by molar-refractivity contribution is 7.07. The smallest absolute Gasteiger partial charge is 0.194 e. The largest absolute Gasteiger partial charge is 0.352 e. The van der Waals surface area contributed by atoms with Gasteiger partial charge < -0.3 is 15.2 Å². The van der Waals surface area contributed by atoms with Crippen LogP contribution in [0.3, 0.4) is 0 Å². The molecule has 0 spiro atoms. The highest BCUT2D eigenvalue weighted by atomic mass is 32.1. The molecule has 3 aromatic rings. The molecule has 0 unspecified atom stereocenters.